The first-order chi connectivity index (χ1) is 11.6. The van der Waals surface area contributed by atoms with Gasteiger partial charge < -0.3 is 10.2 Å². The molecule has 0 spiro atoms. The predicted molar refractivity (Wildman–Crippen MR) is 97.9 cm³/mol. The molecule has 0 aliphatic carbocycles. The van der Waals surface area contributed by atoms with Gasteiger partial charge in [-0.05, 0) is 36.5 Å². The van der Waals surface area contributed by atoms with Gasteiger partial charge >= 0.3 is 0 Å². The summed E-state index contributed by atoms with van der Waals surface area (Å²) in [5, 5.41) is 20.3. The highest BCUT2D eigenvalue weighted by Gasteiger charge is 2.25. The van der Waals surface area contributed by atoms with Gasteiger partial charge in [0.05, 0.1) is 12.2 Å². The fourth-order valence-corrected chi connectivity index (χ4v) is 3.65. The number of piperidine rings is 1. The molecule has 24 heavy (non-hydrogen) atoms. The van der Waals surface area contributed by atoms with Crippen molar-refractivity contribution in [2.45, 2.75) is 44.4 Å². The van der Waals surface area contributed by atoms with Crippen molar-refractivity contribution >= 4 is 0 Å². The number of β-amino-alcohol motifs (C(OH)–C–C–N with tert-alkyl or cyclic N) is 1. The molecule has 3 heteroatoms. The van der Waals surface area contributed by atoms with E-state index in [9.17, 15) is 10.2 Å². The third-order valence-corrected chi connectivity index (χ3v) is 4.99. The molecule has 128 valence electrons. The van der Waals surface area contributed by atoms with Crippen LogP contribution in [-0.4, -0.2) is 46.5 Å². The number of hydrogen-bond donors (Lipinski definition) is 2. The van der Waals surface area contributed by atoms with E-state index in [1.54, 1.807) is 0 Å². The predicted octanol–water partition coefficient (Wildman–Crippen LogP) is 3.10. The van der Waals surface area contributed by atoms with Crippen LogP contribution in [0.3, 0.4) is 0 Å². The van der Waals surface area contributed by atoms with Crippen LogP contribution < -0.4 is 0 Å². The third-order valence-electron chi connectivity index (χ3n) is 4.99. The lowest BCUT2D eigenvalue weighted by Gasteiger charge is -2.37. The molecule has 2 aromatic carbocycles. The molecule has 3 unspecified atom stereocenters. The average Bonchev–Trinajstić information content (AvgIpc) is 2.59. The number of rotatable bonds is 5. The molecule has 2 aromatic rings. The Hall–Kier alpha value is -1.68. The number of aliphatic hydroxyl groups excluding tert-OH is 2. The molecule has 1 aliphatic heterocycles. The third kappa shape index (κ3) is 4.23. The Morgan fingerprint density at radius 2 is 1.79 bits per heavy atom. The van der Waals surface area contributed by atoms with E-state index in [4.69, 9.17) is 0 Å². The lowest BCUT2D eigenvalue weighted by Crippen LogP contribution is -2.46. The van der Waals surface area contributed by atoms with Crippen molar-refractivity contribution in [3.05, 3.63) is 60.2 Å². The molecule has 1 heterocycles. The molecule has 3 atom stereocenters. The molecular weight excluding hydrogens is 298 g/mol. The molecule has 3 rings (SSSR count). The van der Waals surface area contributed by atoms with E-state index in [1.807, 2.05) is 30.3 Å². The van der Waals surface area contributed by atoms with Crippen LogP contribution in [0.4, 0.5) is 0 Å². The summed E-state index contributed by atoms with van der Waals surface area (Å²) in [5.41, 5.74) is 3.56. The Morgan fingerprint density at radius 3 is 2.54 bits per heavy atom. The summed E-state index contributed by atoms with van der Waals surface area (Å²) in [6, 6.07) is 19.0. The standard InChI is InChI=1S/C21H27NO2/c1-16-13-19(23)11-12-22(16)15-20(24)14-18-9-5-6-10-21(18)17-7-3-2-4-8-17/h2-10,16,19-20,23-24H,11-15H2,1H3. The van der Waals surface area contributed by atoms with Crippen LogP contribution in [0, 0.1) is 0 Å². The Balaban J connectivity index is 1.68. The second-order valence-corrected chi connectivity index (χ2v) is 6.90. The van der Waals surface area contributed by atoms with Gasteiger partial charge in [0.1, 0.15) is 0 Å². The smallest absolute Gasteiger partial charge is 0.0707 e. The zero-order chi connectivity index (χ0) is 16.9. The Kier molecular flexibility index (Phi) is 5.67. The molecular formula is C21H27NO2. The maximum Gasteiger partial charge on any atom is 0.0707 e. The first-order valence-electron chi connectivity index (χ1n) is 8.87. The van der Waals surface area contributed by atoms with Gasteiger partial charge in [-0.3, -0.25) is 4.90 Å². The monoisotopic (exact) mass is 325 g/mol. The van der Waals surface area contributed by atoms with E-state index in [0.717, 1.165) is 19.4 Å². The molecule has 1 aliphatic rings. The van der Waals surface area contributed by atoms with Crippen molar-refractivity contribution in [1.82, 2.24) is 4.90 Å². The van der Waals surface area contributed by atoms with Gasteiger partial charge in [0, 0.05) is 25.6 Å². The van der Waals surface area contributed by atoms with Gasteiger partial charge in [-0.2, -0.15) is 0 Å². The second kappa shape index (κ2) is 7.93. The van der Waals surface area contributed by atoms with Crippen molar-refractivity contribution in [1.29, 1.82) is 0 Å². The highest BCUT2D eigenvalue weighted by molar-refractivity contribution is 5.67. The first kappa shape index (κ1) is 17.2. The average molecular weight is 325 g/mol. The zero-order valence-corrected chi connectivity index (χ0v) is 14.3. The molecule has 1 saturated heterocycles. The van der Waals surface area contributed by atoms with Crippen LogP contribution >= 0.6 is 0 Å². The number of likely N-dealkylation sites (tertiary alicyclic amines) is 1. The van der Waals surface area contributed by atoms with Gasteiger partial charge in [0.15, 0.2) is 0 Å². The molecule has 0 saturated carbocycles. The minimum absolute atomic E-state index is 0.188. The van der Waals surface area contributed by atoms with Gasteiger partial charge in [-0.25, -0.2) is 0 Å². The van der Waals surface area contributed by atoms with E-state index in [0.29, 0.717) is 19.0 Å². The SMILES string of the molecule is CC1CC(O)CCN1CC(O)Cc1ccccc1-c1ccccc1. The van der Waals surface area contributed by atoms with Crippen LogP contribution in [0.25, 0.3) is 11.1 Å². The minimum Gasteiger partial charge on any atom is -0.393 e. The first-order valence-corrected chi connectivity index (χ1v) is 8.87. The molecule has 0 aromatic heterocycles. The highest BCUT2D eigenvalue weighted by Crippen LogP contribution is 2.25. The van der Waals surface area contributed by atoms with Crippen LogP contribution in [0.5, 0.6) is 0 Å². The van der Waals surface area contributed by atoms with Crippen LogP contribution in [0.15, 0.2) is 54.6 Å². The second-order valence-electron chi connectivity index (χ2n) is 6.90. The molecule has 3 nitrogen and oxygen atoms in total. The normalized spacial score (nSPS) is 23.1. The zero-order valence-electron chi connectivity index (χ0n) is 14.3. The Morgan fingerprint density at radius 1 is 1.08 bits per heavy atom. The lowest BCUT2D eigenvalue weighted by molar-refractivity contribution is 0.0204. The van der Waals surface area contributed by atoms with E-state index in [-0.39, 0.29) is 6.10 Å². The van der Waals surface area contributed by atoms with Crippen molar-refractivity contribution in [3.63, 3.8) is 0 Å². The van der Waals surface area contributed by atoms with E-state index in [2.05, 4.69) is 36.1 Å². The van der Waals surface area contributed by atoms with Crippen molar-refractivity contribution in [2.75, 3.05) is 13.1 Å². The molecule has 0 radical (unpaired) electrons. The molecule has 1 fully saturated rings. The molecule has 0 bridgehead atoms. The van der Waals surface area contributed by atoms with Gasteiger partial charge in [-0.15, -0.1) is 0 Å². The van der Waals surface area contributed by atoms with Crippen molar-refractivity contribution in [3.8, 4) is 11.1 Å². The summed E-state index contributed by atoms with van der Waals surface area (Å²) >= 11 is 0. The topological polar surface area (TPSA) is 43.7 Å². The van der Waals surface area contributed by atoms with Crippen LogP contribution in [-0.2, 0) is 6.42 Å². The number of benzene rings is 2. The number of hydrogen-bond acceptors (Lipinski definition) is 3. The lowest BCUT2D eigenvalue weighted by atomic mass is 9.95. The highest BCUT2D eigenvalue weighted by atomic mass is 16.3. The quantitative estimate of drug-likeness (QED) is 0.888. The van der Waals surface area contributed by atoms with Crippen molar-refractivity contribution in [2.24, 2.45) is 0 Å². The van der Waals surface area contributed by atoms with E-state index in [1.165, 1.54) is 16.7 Å². The number of aliphatic hydroxyl groups is 2. The maximum atomic E-state index is 10.6. The summed E-state index contributed by atoms with van der Waals surface area (Å²) in [6.07, 6.45) is 1.67. The fourth-order valence-electron chi connectivity index (χ4n) is 3.65. The molecule has 0 amide bonds. The maximum absolute atomic E-state index is 10.6. The van der Waals surface area contributed by atoms with E-state index < -0.39 is 6.10 Å². The fraction of sp³-hybridized carbons (Fsp3) is 0.429. The summed E-state index contributed by atoms with van der Waals surface area (Å²) in [5.74, 6) is 0. The summed E-state index contributed by atoms with van der Waals surface area (Å²) in [6.45, 7) is 3.66. The van der Waals surface area contributed by atoms with Gasteiger partial charge in [-0.1, -0.05) is 54.6 Å². The van der Waals surface area contributed by atoms with Gasteiger partial charge in [0.2, 0.25) is 0 Å². The van der Waals surface area contributed by atoms with Crippen LogP contribution in [0.2, 0.25) is 0 Å². The number of nitrogens with zero attached hydrogens (tertiary/aromatic N) is 1. The van der Waals surface area contributed by atoms with Gasteiger partial charge in [0.25, 0.3) is 0 Å². The Labute approximate surface area is 144 Å². The summed E-state index contributed by atoms with van der Waals surface area (Å²) in [4.78, 5) is 2.29. The Bertz CT molecular complexity index is 643. The molecule has 2 N–H and O–H groups in total. The van der Waals surface area contributed by atoms with Crippen molar-refractivity contribution < 1.29 is 10.2 Å². The van der Waals surface area contributed by atoms with E-state index >= 15 is 0 Å². The largest absolute Gasteiger partial charge is 0.393 e. The summed E-state index contributed by atoms with van der Waals surface area (Å²) in [7, 11) is 0. The van der Waals surface area contributed by atoms with Crippen LogP contribution in [0.1, 0.15) is 25.3 Å². The summed E-state index contributed by atoms with van der Waals surface area (Å²) < 4.78 is 0. The minimum atomic E-state index is -0.396.